The minimum atomic E-state index is -1.02. The fraction of sp³-hybridized carbons (Fsp3) is 0.364. The van der Waals surface area contributed by atoms with Gasteiger partial charge >= 0.3 is 0 Å². The van der Waals surface area contributed by atoms with Crippen LogP contribution in [0.5, 0.6) is 11.5 Å². The van der Waals surface area contributed by atoms with Gasteiger partial charge < -0.3 is 19.5 Å². The fourth-order valence-corrected chi connectivity index (χ4v) is 1.50. The molecule has 0 aromatic heterocycles. The molecular formula is C11H13NO4. The first-order valence-corrected chi connectivity index (χ1v) is 4.95. The Kier molecular flexibility index (Phi) is 2.70. The van der Waals surface area contributed by atoms with Gasteiger partial charge in [0.05, 0.1) is 0 Å². The molecule has 0 radical (unpaired) electrons. The molecule has 16 heavy (non-hydrogen) atoms. The Morgan fingerprint density at radius 3 is 2.81 bits per heavy atom. The minimum absolute atomic E-state index is 0.201. The van der Waals surface area contributed by atoms with Crippen molar-refractivity contribution in [2.45, 2.75) is 13.0 Å². The topological polar surface area (TPSA) is 59.0 Å². The lowest BCUT2D eigenvalue weighted by Crippen LogP contribution is -2.34. The van der Waals surface area contributed by atoms with Gasteiger partial charge in [-0.15, -0.1) is 0 Å². The lowest BCUT2D eigenvalue weighted by Gasteiger charge is -2.19. The number of fused-ring (bicyclic) bond motifs is 1. The highest BCUT2D eigenvalue weighted by Gasteiger charge is 2.19. The maximum Gasteiger partial charge on any atom is 0.255 e. The van der Waals surface area contributed by atoms with E-state index >= 15 is 0 Å². The molecule has 5 heteroatoms. The molecule has 5 nitrogen and oxygen atoms in total. The van der Waals surface area contributed by atoms with E-state index in [0.29, 0.717) is 17.2 Å². The van der Waals surface area contributed by atoms with Crippen LogP contribution in [0.15, 0.2) is 18.2 Å². The number of ether oxygens (including phenoxy) is 2. The molecule has 2 rings (SSSR count). The predicted molar refractivity (Wildman–Crippen MR) is 57.7 cm³/mol. The molecule has 1 aliphatic heterocycles. The van der Waals surface area contributed by atoms with Crippen molar-refractivity contribution < 1.29 is 19.4 Å². The zero-order chi connectivity index (χ0) is 11.7. The second-order valence-corrected chi connectivity index (χ2v) is 3.61. The SMILES string of the molecule is CC(O)C(=O)N(C)c1ccc2c(c1)OCO2. The third-order valence-corrected chi connectivity index (χ3v) is 2.43. The number of likely N-dealkylation sites (N-methyl/N-ethyl adjacent to an activating group) is 1. The van der Waals surface area contributed by atoms with Crippen molar-refractivity contribution in [1.82, 2.24) is 0 Å². The maximum absolute atomic E-state index is 11.5. The summed E-state index contributed by atoms with van der Waals surface area (Å²) in [5.41, 5.74) is 0.662. The van der Waals surface area contributed by atoms with Crippen molar-refractivity contribution in [3.8, 4) is 11.5 Å². The van der Waals surface area contributed by atoms with Gasteiger partial charge in [0.15, 0.2) is 11.5 Å². The molecular weight excluding hydrogens is 210 g/mol. The summed E-state index contributed by atoms with van der Waals surface area (Å²) < 4.78 is 10.4. The number of anilines is 1. The van der Waals surface area contributed by atoms with Gasteiger partial charge in [-0.1, -0.05) is 0 Å². The van der Waals surface area contributed by atoms with Crippen molar-refractivity contribution >= 4 is 11.6 Å². The monoisotopic (exact) mass is 223 g/mol. The summed E-state index contributed by atoms with van der Waals surface area (Å²) in [4.78, 5) is 12.9. The van der Waals surface area contributed by atoms with E-state index in [9.17, 15) is 9.90 Å². The first-order valence-electron chi connectivity index (χ1n) is 4.95. The smallest absolute Gasteiger partial charge is 0.255 e. The molecule has 0 spiro atoms. The molecule has 0 saturated carbocycles. The van der Waals surface area contributed by atoms with E-state index in [1.165, 1.54) is 11.8 Å². The van der Waals surface area contributed by atoms with E-state index in [4.69, 9.17) is 9.47 Å². The largest absolute Gasteiger partial charge is 0.454 e. The lowest BCUT2D eigenvalue weighted by molar-refractivity contribution is -0.125. The number of hydrogen-bond acceptors (Lipinski definition) is 4. The van der Waals surface area contributed by atoms with Crippen molar-refractivity contribution in [2.75, 3.05) is 18.7 Å². The summed E-state index contributed by atoms with van der Waals surface area (Å²) in [6, 6.07) is 5.19. The highest BCUT2D eigenvalue weighted by molar-refractivity contribution is 5.95. The van der Waals surface area contributed by atoms with E-state index in [0.717, 1.165) is 0 Å². The summed E-state index contributed by atoms with van der Waals surface area (Å²) in [6.07, 6.45) is -1.02. The van der Waals surface area contributed by atoms with Gasteiger partial charge in [-0.3, -0.25) is 4.79 Å². The van der Waals surface area contributed by atoms with Gasteiger partial charge in [-0.05, 0) is 19.1 Å². The van der Waals surface area contributed by atoms with Crippen LogP contribution in [-0.2, 0) is 4.79 Å². The second-order valence-electron chi connectivity index (χ2n) is 3.61. The van der Waals surface area contributed by atoms with Crippen molar-refractivity contribution in [1.29, 1.82) is 0 Å². The molecule has 0 fully saturated rings. The highest BCUT2D eigenvalue weighted by atomic mass is 16.7. The Balaban J connectivity index is 2.24. The van der Waals surface area contributed by atoms with Gasteiger partial charge in [0, 0.05) is 18.8 Å². The number of aliphatic hydroxyl groups is 1. The van der Waals surface area contributed by atoms with Crippen LogP contribution in [0.3, 0.4) is 0 Å². The second kappa shape index (κ2) is 4.02. The van der Waals surface area contributed by atoms with Crippen molar-refractivity contribution in [3.63, 3.8) is 0 Å². The summed E-state index contributed by atoms with van der Waals surface area (Å²) >= 11 is 0. The summed E-state index contributed by atoms with van der Waals surface area (Å²) in [5, 5.41) is 9.20. The minimum Gasteiger partial charge on any atom is -0.454 e. The molecule has 1 aromatic carbocycles. The molecule has 86 valence electrons. The quantitative estimate of drug-likeness (QED) is 0.804. The van der Waals surface area contributed by atoms with E-state index < -0.39 is 6.10 Å². The van der Waals surface area contributed by atoms with E-state index in [1.54, 1.807) is 25.2 Å². The van der Waals surface area contributed by atoms with Crippen LogP contribution in [-0.4, -0.2) is 31.0 Å². The number of hydrogen-bond donors (Lipinski definition) is 1. The van der Waals surface area contributed by atoms with Crippen molar-refractivity contribution in [3.05, 3.63) is 18.2 Å². The van der Waals surface area contributed by atoms with Crippen LogP contribution in [0.1, 0.15) is 6.92 Å². The first-order chi connectivity index (χ1) is 7.59. The van der Waals surface area contributed by atoms with Crippen LogP contribution in [0, 0.1) is 0 Å². The van der Waals surface area contributed by atoms with Crippen LogP contribution in [0.4, 0.5) is 5.69 Å². The zero-order valence-corrected chi connectivity index (χ0v) is 9.14. The predicted octanol–water partition coefficient (Wildman–Crippen LogP) is 0.759. The number of aliphatic hydroxyl groups excluding tert-OH is 1. The molecule has 1 aromatic rings. The van der Waals surface area contributed by atoms with Crippen LogP contribution in [0.2, 0.25) is 0 Å². The Morgan fingerprint density at radius 2 is 2.12 bits per heavy atom. The first kappa shape index (κ1) is 10.8. The molecule has 1 heterocycles. The number of nitrogens with zero attached hydrogens (tertiary/aromatic N) is 1. The van der Waals surface area contributed by atoms with Crippen molar-refractivity contribution in [2.24, 2.45) is 0 Å². The molecule has 1 aliphatic rings. The summed E-state index contributed by atoms with van der Waals surface area (Å²) in [6.45, 7) is 1.64. The maximum atomic E-state index is 11.5. The van der Waals surface area contributed by atoms with E-state index in [2.05, 4.69) is 0 Å². The molecule has 1 N–H and O–H groups in total. The van der Waals surface area contributed by atoms with Crippen LogP contribution in [0.25, 0.3) is 0 Å². The average Bonchev–Trinajstić information content (AvgIpc) is 2.73. The summed E-state index contributed by atoms with van der Waals surface area (Å²) in [7, 11) is 1.60. The number of benzene rings is 1. The van der Waals surface area contributed by atoms with E-state index in [1.807, 2.05) is 0 Å². The van der Waals surface area contributed by atoms with Crippen LogP contribution < -0.4 is 14.4 Å². The fourth-order valence-electron chi connectivity index (χ4n) is 1.50. The molecule has 0 bridgehead atoms. The van der Waals surface area contributed by atoms with Gasteiger partial charge in [0.25, 0.3) is 5.91 Å². The van der Waals surface area contributed by atoms with Gasteiger partial charge in [-0.2, -0.15) is 0 Å². The highest BCUT2D eigenvalue weighted by Crippen LogP contribution is 2.35. The third-order valence-electron chi connectivity index (χ3n) is 2.43. The normalized spacial score (nSPS) is 14.7. The Labute approximate surface area is 93.2 Å². The molecule has 1 amide bonds. The number of amides is 1. The Bertz CT molecular complexity index is 416. The van der Waals surface area contributed by atoms with Gasteiger partial charge in [0.1, 0.15) is 6.10 Å². The molecule has 0 saturated heterocycles. The molecule has 0 aliphatic carbocycles. The number of rotatable bonds is 2. The molecule has 1 atom stereocenters. The number of carbonyl (C=O) groups excluding carboxylic acids is 1. The molecule has 1 unspecified atom stereocenters. The lowest BCUT2D eigenvalue weighted by atomic mass is 10.2. The standard InChI is InChI=1S/C11H13NO4/c1-7(13)11(14)12(2)8-3-4-9-10(5-8)16-6-15-9/h3-5,7,13H,6H2,1-2H3. The summed E-state index contributed by atoms with van der Waals surface area (Å²) in [5.74, 6) is 0.920. The Hall–Kier alpha value is -1.75. The average molecular weight is 223 g/mol. The zero-order valence-electron chi connectivity index (χ0n) is 9.14. The third kappa shape index (κ3) is 1.81. The van der Waals surface area contributed by atoms with Gasteiger partial charge in [-0.25, -0.2) is 0 Å². The van der Waals surface area contributed by atoms with E-state index in [-0.39, 0.29) is 12.7 Å². The van der Waals surface area contributed by atoms with Crippen LogP contribution >= 0.6 is 0 Å². The Morgan fingerprint density at radius 1 is 1.44 bits per heavy atom. The van der Waals surface area contributed by atoms with Gasteiger partial charge in [0.2, 0.25) is 6.79 Å². The number of carbonyl (C=O) groups is 1.